The predicted octanol–water partition coefficient (Wildman–Crippen LogP) is 4.69. The second-order valence-corrected chi connectivity index (χ2v) is 9.19. The molecule has 0 spiro atoms. The van der Waals surface area contributed by atoms with Crippen molar-refractivity contribution in [2.45, 2.75) is 13.3 Å². The third kappa shape index (κ3) is 4.72. The van der Waals surface area contributed by atoms with Crippen molar-refractivity contribution in [3.05, 3.63) is 66.1 Å². The molecule has 1 fully saturated rings. The van der Waals surface area contributed by atoms with Crippen molar-refractivity contribution >= 4 is 11.4 Å². The van der Waals surface area contributed by atoms with E-state index in [1.807, 2.05) is 18.2 Å². The lowest BCUT2D eigenvalue weighted by molar-refractivity contribution is 0.153. The number of anilines is 2. The Kier molecular flexibility index (Phi) is 6.29. The molecule has 2 aliphatic heterocycles. The van der Waals surface area contributed by atoms with Crippen molar-refractivity contribution < 1.29 is 4.39 Å². The van der Waals surface area contributed by atoms with E-state index in [0.29, 0.717) is 5.56 Å². The molecule has 1 N–H and O–H groups in total. The van der Waals surface area contributed by atoms with Crippen LogP contribution in [0.5, 0.6) is 0 Å². The average molecular weight is 446 g/mol. The fourth-order valence-corrected chi connectivity index (χ4v) is 4.79. The van der Waals surface area contributed by atoms with Gasteiger partial charge in [-0.05, 0) is 74.5 Å². The van der Waals surface area contributed by atoms with Crippen LogP contribution in [0.15, 0.2) is 54.7 Å². The van der Waals surface area contributed by atoms with Gasteiger partial charge in [-0.3, -0.25) is 4.98 Å². The van der Waals surface area contributed by atoms with Crippen molar-refractivity contribution in [3.63, 3.8) is 0 Å². The Balaban J connectivity index is 1.34. The molecule has 0 amide bonds. The number of aromatic nitrogens is 1. The standard InChI is InChI=1S/C27H32FN5/c1-20-17-22(6-8-24(20)28)27-23(5-3-10-29-27)21-7-9-25-26(18-21)33(19-30-25)12-4-11-32-15-13-31(2)14-16-32/h3,5-10,17-18,30H,4,11-16,19H2,1-2H3. The van der Waals surface area contributed by atoms with E-state index in [1.54, 1.807) is 13.1 Å². The highest BCUT2D eigenvalue weighted by Gasteiger charge is 2.21. The highest BCUT2D eigenvalue weighted by atomic mass is 19.1. The van der Waals surface area contributed by atoms with Crippen LogP contribution in [0.2, 0.25) is 0 Å². The van der Waals surface area contributed by atoms with Crippen molar-refractivity contribution in [3.8, 4) is 22.4 Å². The van der Waals surface area contributed by atoms with Gasteiger partial charge in [-0.1, -0.05) is 12.1 Å². The van der Waals surface area contributed by atoms with Gasteiger partial charge in [0.15, 0.2) is 0 Å². The Morgan fingerprint density at radius 3 is 2.61 bits per heavy atom. The van der Waals surface area contributed by atoms with Crippen LogP contribution in [0.4, 0.5) is 15.8 Å². The van der Waals surface area contributed by atoms with E-state index in [9.17, 15) is 4.39 Å². The average Bonchev–Trinajstić information content (AvgIpc) is 3.24. The van der Waals surface area contributed by atoms with Crippen molar-refractivity contribution in [1.29, 1.82) is 0 Å². The number of fused-ring (bicyclic) bond motifs is 1. The molecule has 0 radical (unpaired) electrons. The molecule has 0 bridgehead atoms. The summed E-state index contributed by atoms with van der Waals surface area (Å²) in [5.41, 5.74) is 7.08. The van der Waals surface area contributed by atoms with Crippen LogP contribution in [-0.2, 0) is 0 Å². The molecule has 172 valence electrons. The number of pyridine rings is 1. The van der Waals surface area contributed by atoms with E-state index in [0.717, 1.165) is 48.6 Å². The molecule has 1 aromatic heterocycles. The zero-order chi connectivity index (χ0) is 22.8. The topological polar surface area (TPSA) is 34.6 Å². The highest BCUT2D eigenvalue weighted by molar-refractivity contribution is 5.86. The minimum atomic E-state index is -0.188. The first-order valence-electron chi connectivity index (χ1n) is 11.8. The van der Waals surface area contributed by atoms with Gasteiger partial charge in [0.1, 0.15) is 5.82 Å². The second kappa shape index (κ2) is 9.49. The SMILES string of the molecule is Cc1cc(-c2ncccc2-c2ccc3c(c2)N(CCCN2CCN(C)CC2)CN3)ccc1F. The van der Waals surface area contributed by atoms with Gasteiger partial charge in [0.2, 0.25) is 0 Å². The largest absolute Gasteiger partial charge is 0.366 e. The van der Waals surface area contributed by atoms with Crippen molar-refractivity contribution in [2.24, 2.45) is 0 Å². The summed E-state index contributed by atoms with van der Waals surface area (Å²) in [7, 11) is 2.20. The molecular formula is C27H32FN5. The van der Waals surface area contributed by atoms with E-state index in [1.165, 1.54) is 43.6 Å². The van der Waals surface area contributed by atoms with E-state index < -0.39 is 0 Å². The van der Waals surface area contributed by atoms with Gasteiger partial charge < -0.3 is 20.0 Å². The summed E-state index contributed by atoms with van der Waals surface area (Å²) in [5, 5.41) is 3.53. The molecule has 0 aliphatic carbocycles. The molecule has 3 aromatic rings. The van der Waals surface area contributed by atoms with E-state index in [4.69, 9.17) is 0 Å². The third-order valence-corrected chi connectivity index (χ3v) is 6.85. The van der Waals surface area contributed by atoms with Crippen molar-refractivity contribution in [2.75, 3.05) is 63.2 Å². The predicted molar refractivity (Wildman–Crippen MR) is 134 cm³/mol. The lowest BCUT2D eigenvalue weighted by Crippen LogP contribution is -2.45. The molecule has 5 rings (SSSR count). The summed E-state index contributed by atoms with van der Waals surface area (Å²) in [5.74, 6) is -0.188. The molecule has 3 heterocycles. The molecule has 2 aromatic carbocycles. The molecular weight excluding hydrogens is 413 g/mol. The van der Waals surface area contributed by atoms with Gasteiger partial charge in [-0.2, -0.15) is 0 Å². The maximum atomic E-state index is 13.8. The maximum Gasteiger partial charge on any atom is 0.126 e. The first-order chi connectivity index (χ1) is 16.1. The number of nitrogens with zero attached hydrogens (tertiary/aromatic N) is 4. The molecule has 2 aliphatic rings. The highest BCUT2D eigenvalue weighted by Crippen LogP contribution is 2.38. The van der Waals surface area contributed by atoms with Gasteiger partial charge in [-0.15, -0.1) is 0 Å². The van der Waals surface area contributed by atoms with Gasteiger partial charge in [0.05, 0.1) is 23.7 Å². The molecule has 33 heavy (non-hydrogen) atoms. The van der Waals surface area contributed by atoms with Crippen LogP contribution in [0.25, 0.3) is 22.4 Å². The summed E-state index contributed by atoms with van der Waals surface area (Å²) in [6.07, 6.45) is 2.96. The van der Waals surface area contributed by atoms with Gasteiger partial charge >= 0.3 is 0 Å². The smallest absolute Gasteiger partial charge is 0.126 e. The Bertz CT molecular complexity index is 1120. The van der Waals surface area contributed by atoms with E-state index >= 15 is 0 Å². The Labute approximate surface area is 195 Å². The summed E-state index contributed by atoms with van der Waals surface area (Å²) >= 11 is 0. The van der Waals surface area contributed by atoms with Crippen LogP contribution in [0.3, 0.4) is 0 Å². The number of hydrogen-bond acceptors (Lipinski definition) is 5. The Hall–Kier alpha value is -2.96. The van der Waals surface area contributed by atoms with Gasteiger partial charge in [0, 0.05) is 50.0 Å². The van der Waals surface area contributed by atoms with Gasteiger partial charge in [0.25, 0.3) is 0 Å². The van der Waals surface area contributed by atoms with Crippen LogP contribution >= 0.6 is 0 Å². The zero-order valence-electron chi connectivity index (χ0n) is 19.5. The quantitative estimate of drug-likeness (QED) is 0.596. The number of benzene rings is 2. The molecule has 0 saturated carbocycles. The molecule has 0 atom stereocenters. The maximum absolute atomic E-state index is 13.8. The Morgan fingerprint density at radius 2 is 1.79 bits per heavy atom. The summed E-state index contributed by atoms with van der Waals surface area (Å²) in [6.45, 7) is 9.49. The number of aryl methyl sites for hydroxylation is 1. The van der Waals surface area contributed by atoms with Crippen molar-refractivity contribution in [1.82, 2.24) is 14.8 Å². The molecule has 0 unspecified atom stereocenters. The first kappa shape index (κ1) is 21.9. The lowest BCUT2D eigenvalue weighted by Gasteiger charge is -2.32. The minimum absolute atomic E-state index is 0.188. The lowest BCUT2D eigenvalue weighted by atomic mass is 9.97. The van der Waals surface area contributed by atoms with Crippen LogP contribution < -0.4 is 10.2 Å². The number of rotatable bonds is 6. The molecule has 5 nitrogen and oxygen atoms in total. The van der Waals surface area contributed by atoms with E-state index in [2.05, 4.69) is 56.3 Å². The third-order valence-electron chi connectivity index (χ3n) is 6.85. The number of likely N-dealkylation sites (N-methyl/N-ethyl adjacent to an activating group) is 1. The Morgan fingerprint density at radius 1 is 0.970 bits per heavy atom. The monoisotopic (exact) mass is 445 g/mol. The first-order valence-corrected chi connectivity index (χ1v) is 11.8. The van der Waals surface area contributed by atoms with Crippen LogP contribution in [0, 0.1) is 12.7 Å². The molecule has 6 heteroatoms. The second-order valence-electron chi connectivity index (χ2n) is 9.19. The summed E-state index contributed by atoms with van der Waals surface area (Å²) < 4.78 is 13.8. The molecule has 1 saturated heterocycles. The number of hydrogen-bond donors (Lipinski definition) is 1. The number of nitrogens with one attached hydrogen (secondary N) is 1. The number of piperazine rings is 1. The summed E-state index contributed by atoms with van der Waals surface area (Å²) in [6, 6.07) is 15.9. The van der Waals surface area contributed by atoms with Crippen LogP contribution in [-0.4, -0.2) is 67.8 Å². The van der Waals surface area contributed by atoms with E-state index in [-0.39, 0.29) is 5.82 Å². The minimum Gasteiger partial charge on any atom is -0.366 e. The summed E-state index contributed by atoms with van der Waals surface area (Å²) in [4.78, 5) is 12.1. The fourth-order valence-electron chi connectivity index (χ4n) is 4.79. The fraction of sp³-hybridized carbons (Fsp3) is 0.370. The zero-order valence-corrected chi connectivity index (χ0v) is 19.5. The van der Waals surface area contributed by atoms with Crippen LogP contribution in [0.1, 0.15) is 12.0 Å². The normalized spacial score (nSPS) is 16.6. The number of halogens is 1. The van der Waals surface area contributed by atoms with Gasteiger partial charge in [-0.25, -0.2) is 4.39 Å².